The largest absolute Gasteiger partial charge is 0.416 e. The fraction of sp³-hybridized carbons (Fsp3) is 0.478. The van der Waals surface area contributed by atoms with Crippen LogP contribution in [0.1, 0.15) is 31.7 Å². The lowest BCUT2D eigenvalue weighted by molar-refractivity contribution is -0.137. The number of alkyl halides is 3. The first-order valence-electron chi connectivity index (χ1n) is 10.6. The molecule has 1 atom stereocenters. The molecule has 2 aromatic carbocycles. The first-order chi connectivity index (χ1) is 14.8. The number of hydrogen-bond acceptors (Lipinski definition) is 5. The van der Waals surface area contributed by atoms with Gasteiger partial charge in [-0.1, -0.05) is 23.9 Å². The van der Waals surface area contributed by atoms with Gasteiger partial charge in [-0.15, -0.1) is 0 Å². The Kier molecular flexibility index (Phi) is 6.81. The van der Waals surface area contributed by atoms with Crippen LogP contribution in [0.3, 0.4) is 0 Å². The van der Waals surface area contributed by atoms with E-state index in [9.17, 15) is 18.3 Å². The summed E-state index contributed by atoms with van der Waals surface area (Å²) in [4.78, 5) is 6.30. The summed E-state index contributed by atoms with van der Waals surface area (Å²) in [5.41, 5.74) is 0.974. The lowest BCUT2D eigenvalue weighted by atomic mass is 10.1. The standard InChI is InChI=1S/C23H27F3N2O2S/c1-16(29)30-18-9-13-27(14-10-18)11-4-12-28-19-5-2-3-6-21(19)31-22-8-7-17(15-20(22)28)23(24,25)26/h2-3,5-8,15-16,18,29H,4,9-14H2,1H3. The van der Waals surface area contributed by atoms with Crippen LogP contribution in [0.15, 0.2) is 52.3 Å². The number of benzene rings is 2. The van der Waals surface area contributed by atoms with Gasteiger partial charge in [0.2, 0.25) is 0 Å². The maximum atomic E-state index is 13.3. The minimum absolute atomic E-state index is 0.0925. The van der Waals surface area contributed by atoms with Crippen LogP contribution in [0.4, 0.5) is 24.5 Å². The quantitative estimate of drug-likeness (QED) is 0.584. The van der Waals surface area contributed by atoms with Crippen molar-refractivity contribution < 1.29 is 23.0 Å². The molecular weight excluding hydrogens is 425 g/mol. The number of anilines is 2. The highest BCUT2D eigenvalue weighted by Gasteiger charge is 2.33. The van der Waals surface area contributed by atoms with Crippen LogP contribution < -0.4 is 4.90 Å². The molecule has 0 radical (unpaired) electrons. The van der Waals surface area contributed by atoms with Gasteiger partial charge in [-0.2, -0.15) is 13.2 Å². The second kappa shape index (κ2) is 9.40. The summed E-state index contributed by atoms with van der Waals surface area (Å²) >= 11 is 1.52. The summed E-state index contributed by atoms with van der Waals surface area (Å²) in [7, 11) is 0. The zero-order valence-corrected chi connectivity index (χ0v) is 18.3. The van der Waals surface area contributed by atoms with E-state index in [1.54, 1.807) is 13.0 Å². The Balaban J connectivity index is 1.44. The van der Waals surface area contributed by atoms with E-state index in [1.165, 1.54) is 17.8 Å². The minimum atomic E-state index is -4.36. The second-order valence-electron chi connectivity index (χ2n) is 8.03. The lowest BCUT2D eigenvalue weighted by Gasteiger charge is -2.35. The number of aliphatic hydroxyl groups is 1. The summed E-state index contributed by atoms with van der Waals surface area (Å²) in [5, 5.41) is 9.37. The number of aliphatic hydroxyl groups excluding tert-OH is 1. The molecule has 1 N–H and O–H groups in total. The molecule has 4 nitrogen and oxygen atoms in total. The smallest absolute Gasteiger partial charge is 0.368 e. The average Bonchev–Trinajstić information content (AvgIpc) is 2.73. The normalized spacial score (nSPS) is 18.5. The molecule has 1 unspecified atom stereocenters. The number of halogens is 3. The SMILES string of the molecule is CC(O)OC1CCN(CCCN2c3ccccc3Sc3ccc(C(F)(F)F)cc32)CC1. The average molecular weight is 453 g/mol. The number of ether oxygens (including phenoxy) is 1. The molecule has 0 aromatic heterocycles. The van der Waals surface area contributed by atoms with Crippen molar-refractivity contribution >= 4 is 23.1 Å². The molecule has 2 heterocycles. The minimum Gasteiger partial charge on any atom is -0.368 e. The molecule has 168 valence electrons. The van der Waals surface area contributed by atoms with E-state index in [0.717, 1.165) is 60.4 Å². The molecule has 0 aliphatic carbocycles. The molecule has 4 rings (SSSR count). The number of likely N-dealkylation sites (tertiary alicyclic amines) is 1. The molecule has 0 amide bonds. The molecule has 2 aliphatic rings. The fourth-order valence-corrected chi connectivity index (χ4v) is 5.32. The molecule has 0 bridgehead atoms. The third kappa shape index (κ3) is 5.37. The maximum absolute atomic E-state index is 13.3. The van der Waals surface area contributed by atoms with Gasteiger partial charge in [-0.25, -0.2) is 0 Å². The van der Waals surface area contributed by atoms with Gasteiger partial charge >= 0.3 is 6.18 Å². The number of hydrogen-bond donors (Lipinski definition) is 1. The molecule has 31 heavy (non-hydrogen) atoms. The molecule has 2 aromatic rings. The Hall–Kier alpha value is -1.74. The van der Waals surface area contributed by atoms with Crippen molar-refractivity contribution in [1.29, 1.82) is 0 Å². The van der Waals surface area contributed by atoms with Gasteiger partial charge < -0.3 is 19.6 Å². The van der Waals surface area contributed by atoms with Crippen LogP contribution in [-0.4, -0.2) is 48.6 Å². The van der Waals surface area contributed by atoms with Gasteiger partial charge in [0, 0.05) is 29.4 Å². The summed E-state index contributed by atoms with van der Waals surface area (Å²) < 4.78 is 45.5. The van der Waals surface area contributed by atoms with Crippen molar-refractivity contribution in [3.63, 3.8) is 0 Å². The molecule has 1 fully saturated rings. The van der Waals surface area contributed by atoms with E-state index >= 15 is 0 Å². The van der Waals surface area contributed by atoms with E-state index < -0.39 is 18.0 Å². The number of piperidine rings is 1. The first-order valence-corrected chi connectivity index (χ1v) is 11.4. The van der Waals surface area contributed by atoms with E-state index in [2.05, 4.69) is 4.90 Å². The topological polar surface area (TPSA) is 35.9 Å². The Morgan fingerprint density at radius 1 is 1.06 bits per heavy atom. The van der Waals surface area contributed by atoms with Crippen LogP contribution in [-0.2, 0) is 10.9 Å². The monoisotopic (exact) mass is 452 g/mol. The zero-order chi connectivity index (χ0) is 22.0. The van der Waals surface area contributed by atoms with Crippen molar-refractivity contribution in [2.75, 3.05) is 31.1 Å². The third-order valence-electron chi connectivity index (χ3n) is 5.73. The summed E-state index contributed by atoms with van der Waals surface area (Å²) in [6.45, 7) is 4.96. The second-order valence-corrected chi connectivity index (χ2v) is 9.12. The van der Waals surface area contributed by atoms with Crippen molar-refractivity contribution in [1.82, 2.24) is 4.90 Å². The van der Waals surface area contributed by atoms with Crippen molar-refractivity contribution in [2.45, 2.75) is 54.5 Å². The van der Waals surface area contributed by atoms with Crippen LogP contribution in [0, 0.1) is 0 Å². The number of nitrogens with zero attached hydrogens (tertiary/aromatic N) is 2. The van der Waals surface area contributed by atoms with E-state index in [1.807, 2.05) is 29.2 Å². The molecule has 0 saturated carbocycles. The van der Waals surface area contributed by atoms with E-state index in [4.69, 9.17) is 4.74 Å². The van der Waals surface area contributed by atoms with Crippen LogP contribution in [0.2, 0.25) is 0 Å². The van der Waals surface area contributed by atoms with Crippen LogP contribution in [0.5, 0.6) is 0 Å². The Morgan fingerprint density at radius 2 is 1.77 bits per heavy atom. The highest BCUT2D eigenvalue weighted by atomic mass is 32.2. The van der Waals surface area contributed by atoms with Crippen molar-refractivity contribution in [3.05, 3.63) is 48.0 Å². The summed E-state index contributed by atoms with van der Waals surface area (Å²) in [6, 6.07) is 11.9. The van der Waals surface area contributed by atoms with Gasteiger partial charge in [0.15, 0.2) is 6.29 Å². The summed E-state index contributed by atoms with van der Waals surface area (Å²) in [5.74, 6) is 0. The van der Waals surface area contributed by atoms with Crippen LogP contribution >= 0.6 is 11.8 Å². The predicted molar refractivity (Wildman–Crippen MR) is 116 cm³/mol. The number of para-hydroxylation sites is 1. The van der Waals surface area contributed by atoms with Gasteiger partial charge in [0.1, 0.15) is 0 Å². The maximum Gasteiger partial charge on any atom is 0.416 e. The Bertz CT molecular complexity index is 899. The molecule has 0 spiro atoms. The Labute approximate surface area is 185 Å². The van der Waals surface area contributed by atoms with Gasteiger partial charge in [-0.05, 0) is 63.1 Å². The zero-order valence-electron chi connectivity index (χ0n) is 17.4. The molecule has 2 aliphatic heterocycles. The highest BCUT2D eigenvalue weighted by molar-refractivity contribution is 7.99. The predicted octanol–water partition coefficient (Wildman–Crippen LogP) is 5.52. The molecule has 1 saturated heterocycles. The van der Waals surface area contributed by atoms with E-state index in [0.29, 0.717) is 12.2 Å². The van der Waals surface area contributed by atoms with Gasteiger partial charge in [0.25, 0.3) is 0 Å². The van der Waals surface area contributed by atoms with Crippen LogP contribution in [0.25, 0.3) is 0 Å². The Morgan fingerprint density at radius 3 is 2.48 bits per heavy atom. The van der Waals surface area contributed by atoms with Crippen molar-refractivity contribution in [3.8, 4) is 0 Å². The first kappa shape index (κ1) is 22.5. The third-order valence-corrected chi connectivity index (χ3v) is 6.86. The van der Waals surface area contributed by atoms with Crippen molar-refractivity contribution in [2.24, 2.45) is 0 Å². The lowest BCUT2D eigenvalue weighted by Crippen LogP contribution is -2.39. The van der Waals surface area contributed by atoms with Gasteiger partial charge in [-0.3, -0.25) is 0 Å². The fourth-order valence-electron chi connectivity index (χ4n) is 4.25. The molecular formula is C23H27F3N2O2S. The highest BCUT2D eigenvalue weighted by Crippen LogP contribution is 2.49. The van der Waals surface area contributed by atoms with E-state index in [-0.39, 0.29) is 6.10 Å². The van der Waals surface area contributed by atoms with Gasteiger partial charge in [0.05, 0.1) is 23.0 Å². The molecule has 8 heteroatoms. The number of fused-ring (bicyclic) bond motifs is 2. The number of rotatable bonds is 6. The summed E-state index contributed by atoms with van der Waals surface area (Å²) in [6.07, 6.45) is -2.40.